The lowest BCUT2D eigenvalue weighted by atomic mass is 9.99. The number of carbonyl (C=O) groups is 3. The fraction of sp³-hybridized carbons (Fsp3) is 0.240. The van der Waals surface area contributed by atoms with E-state index < -0.39 is 29.3 Å². The minimum absolute atomic E-state index is 0.0576. The van der Waals surface area contributed by atoms with E-state index in [1.54, 1.807) is 39.0 Å². The summed E-state index contributed by atoms with van der Waals surface area (Å²) in [4.78, 5) is 35.1. The van der Waals surface area contributed by atoms with E-state index in [1.165, 1.54) is 24.3 Å². The first-order valence-electron chi connectivity index (χ1n) is 9.81. The van der Waals surface area contributed by atoms with Gasteiger partial charge in [-0.15, -0.1) is 0 Å². The zero-order chi connectivity index (χ0) is 23.9. The first-order valence-corrected chi connectivity index (χ1v) is 9.81. The molecule has 0 saturated carbocycles. The van der Waals surface area contributed by atoms with E-state index in [0.29, 0.717) is 16.7 Å². The van der Waals surface area contributed by atoms with Crippen LogP contribution in [-0.4, -0.2) is 36.7 Å². The third-order valence-electron chi connectivity index (χ3n) is 4.12. The summed E-state index contributed by atoms with van der Waals surface area (Å²) in [6, 6.07) is 10.5. The number of halogens is 1. The fourth-order valence-corrected chi connectivity index (χ4v) is 2.60. The minimum Gasteiger partial charge on any atom is -0.459 e. The minimum atomic E-state index is -0.683. The Labute approximate surface area is 186 Å². The normalized spacial score (nSPS) is 10.8. The van der Waals surface area contributed by atoms with Crippen LogP contribution in [0, 0.1) is 5.82 Å². The van der Waals surface area contributed by atoms with Gasteiger partial charge in [0.2, 0.25) is 0 Å². The highest BCUT2D eigenvalue weighted by molar-refractivity contribution is 6.15. The zero-order valence-corrected chi connectivity index (χ0v) is 18.3. The second kappa shape index (κ2) is 10.5. The van der Waals surface area contributed by atoms with Gasteiger partial charge in [-0.2, -0.15) is 0 Å². The summed E-state index contributed by atoms with van der Waals surface area (Å²) in [5.74, 6) is -2.37. The van der Waals surface area contributed by atoms with Crippen LogP contribution >= 0.6 is 0 Å². The van der Waals surface area contributed by atoms with E-state index >= 15 is 0 Å². The molecule has 6 nitrogen and oxygen atoms in total. The lowest BCUT2D eigenvalue weighted by Gasteiger charge is -2.20. The first-order chi connectivity index (χ1) is 15.0. The highest BCUT2D eigenvalue weighted by Crippen LogP contribution is 2.27. The van der Waals surface area contributed by atoms with Crippen molar-refractivity contribution in [1.29, 1.82) is 0 Å². The molecule has 0 aliphatic carbocycles. The van der Waals surface area contributed by atoms with Gasteiger partial charge in [-0.1, -0.05) is 37.4 Å². The molecule has 32 heavy (non-hydrogen) atoms. The van der Waals surface area contributed by atoms with Crippen molar-refractivity contribution in [3.05, 3.63) is 78.6 Å². The van der Waals surface area contributed by atoms with Gasteiger partial charge in [0, 0.05) is 11.6 Å². The first kappa shape index (κ1) is 24.5. The molecule has 168 valence electrons. The second-order valence-corrected chi connectivity index (χ2v) is 7.76. The Morgan fingerprint density at radius 2 is 1.56 bits per heavy atom. The quantitative estimate of drug-likeness (QED) is 0.256. The summed E-state index contributed by atoms with van der Waals surface area (Å²) in [5.41, 5.74) is 0.784. The van der Waals surface area contributed by atoms with Crippen molar-refractivity contribution in [3.63, 3.8) is 0 Å². The topological polar surface area (TPSA) is 78.9 Å². The Hall–Kier alpha value is -3.74. The number of esters is 3. The molecule has 0 atom stereocenters. The lowest BCUT2D eigenvalue weighted by molar-refractivity contribution is -0.147. The average molecular weight is 440 g/mol. The number of ether oxygens (including phenoxy) is 3. The molecule has 0 amide bonds. The molecule has 0 bridgehead atoms. The molecule has 0 fully saturated rings. The highest BCUT2D eigenvalue weighted by Gasteiger charge is 2.20. The van der Waals surface area contributed by atoms with Crippen LogP contribution in [-0.2, 0) is 23.8 Å². The van der Waals surface area contributed by atoms with Gasteiger partial charge in [0.25, 0.3) is 0 Å². The van der Waals surface area contributed by atoms with Gasteiger partial charge in [0.1, 0.15) is 24.6 Å². The van der Waals surface area contributed by atoms with E-state index in [2.05, 4.69) is 13.2 Å². The summed E-state index contributed by atoms with van der Waals surface area (Å²) >= 11 is 0. The van der Waals surface area contributed by atoms with E-state index in [-0.39, 0.29) is 24.4 Å². The van der Waals surface area contributed by atoms with Crippen LogP contribution in [0.1, 0.15) is 36.7 Å². The molecular weight excluding hydrogens is 415 g/mol. The maximum atomic E-state index is 14.7. The summed E-state index contributed by atoms with van der Waals surface area (Å²) < 4.78 is 29.7. The second-order valence-electron chi connectivity index (χ2n) is 7.76. The molecule has 0 aromatic heterocycles. The number of rotatable bonds is 8. The lowest BCUT2D eigenvalue weighted by Crippen LogP contribution is -2.24. The smallest absolute Gasteiger partial charge is 0.338 e. The molecule has 0 saturated heterocycles. The van der Waals surface area contributed by atoms with Crippen molar-refractivity contribution in [3.8, 4) is 11.1 Å². The Balaban J connectivity index is 2.05. The van der Waals surface area contributed by atoms with Crippen molar-refractivity contribution in [2.45, 2.75) is 26.4 Å². The molecule has 2 aromatic rings. The molecule has 0 N–H and O–H groups in total. The molecule has 2 rings (SSSR count). The number of hydrogen-bond acceptors (Lipinski definition) is 6. The summed E-state index contributed by atoms with van der Waals surface area (Å²) in [6.45, 7) is 12.0. The predicted molar refractivity (Wildman–Crippen MR) is 118 cm³/mol. The third kappa shape index (κ3) is 6.91. The highest BCUT2D eigenvalue weighted by atomic mass is 19.1. The molecule has 0 aliphatic heterocycles. The predicted octanol–water partition coefficient (Wildman–Crippen LogP) is 4.73. The monoisotopic (exact) mass is 440 g/mol. The zero-order valence-electron chi connectivity index (χ0n) is 18.3. The van der Waals surface area contributed by atoms with Gasteiger partial charge in [0.05, 0.1) is 11.1 Å². The Morgan fingerprint density at radius 1 is 0.969 bits per heavy atom. The third-order valence-corrected chi connectivity index (χ3v) is 4.12. The molecule has 2 aromatic carbocycles. The molecular formula is C25H25FO6. The van der Waals surface area contributed by atoms with Gasteiger partial charge in [0.15, 0.2) is 0 Å². The fourth-order valence-electron chi connectivity index (χ4n) is 2.60. The Kier molecular flexibility index (Phi) is 8.07. The van der Waals surface area contributed by atoms with Gasteiger partial charge in [-0.05, 0) is 50.1 Å². The van der Waals surface area contributed by atoms with Crippen molar-refractivity contribution in [2.75, 3.05) is 13.2 Å². The summed E-state index contributed by atoms with van der Waals surface area (Å²) in [5, 5.41) is 0. The molecule has 0 unspecified atom stereocenters. The van der Waals surface area contributed by atoms with Gasteiger partial charge in [-0.25, -0.2) is 18.8 Å². The van der Waals surface area contributed by atoms with E-state index in [4.69, 9.17) is 14.2 Å². The molecule has 7 heteroatoms. The SMILES string of the molecule is C=CC(=O)OCCOC(=O)c1ccc(-c2ccc(C(=C)C(=O)OC(C)(C)C)cc2F)cc1. The van der Waals surface area contributed by atoms with Gasteiger partial charge < -0.3 is 14.2 Å². The van der Waals surface area contributed by atoms with Crippen LogP contribution in [0.25, 0.3) is 16.7 Å². The van der Waals surface area contributed by atoms with E-state index in [9.17, 15) is 18.8 Å². The van der Waals surface area contributed by atoms with E-state index in [1.807, 2.05) is 0 Å². The number of benzene rings is 2. The number of hydrogen-bond donors (Lipinski definition) is 0. The van der Waals surface area contributed by atoms with Crippen LogP contribution in [0.5, 0.6) is 0 Å². The van der Waals surface area contributed by atoms with Crippen LogP contribution in [0.4, 0.5) is 4.39 Å². The Morgan fingerprint density at radius 3 is 2.12 bits per heavy atom. The molecule has 0 spiro atoms. The van der Waals surface area contributed by atoms with Crippen LogP contribution in [0.3, 0.4) is 0 Å². The number of carbonyl (C=O) groups excluding carboxylic acids is 3. The maximum Gasteiger partial charge on any atom is 0.338 e. The van der Waals surface area contributed by atoms with Crippen LogP contribution < -0.4 is 0 Å². The maximum absolute atomic E-state index is 14.7. The van der Waals surface area contributed by atoms with Crippen LogP contribution in [0.15, 0.2) is 61.7 Å². The van der Waals surface area contributed by atoms with Gasteiger partial charge in [-0.3, -0.25) is 0 Å². The van der Waals surface area contributed by atoms with E-state index in [0.717, 1.165) is 6.08 Å². The Bertz CT molecular complexity index is 1030. The van der Waals surface area contributed by atoms with Gasteiger partial charge >= 0.3 is 17.9 Å². The standard InChI is InChI=1S/C25H25FO6/c1-6-22(27)30-13-14-31-24(29)18-9-7-17(8-10-18)20-12-11-19(15-21(20)26)16(2)23(28)32-25(3,4)5/h6-12,15H,1-2,13-14H2,3-5H3. The van der Waals surface area contributed by atoms with Crippen molar-refractivity contribution >= 4 is 23.5 Å². The van der Waals surface area contributed by atoms with Crippen molar-refractivity contribution in [2.24, 2.45) is 0 Å². The van der Waals surface area contributed by atoms with Crippen molar-refractivity contribution < 1.29 is 33.0 Å². The van der Waals surface area contributed by atoms with Crippen molar-refractivity contribution in [1.82, 2.24) is 0 Å². The van der Waals surface area contributed by atoms with Crippen LogP contribution in [0.2, 0.25) is 0 Å². The summed E-state index contributed by atoms with van der Waals surface area (Å²) in [6.07, 6.45) is 1.01. The molecule has 0 aliphatic rings. The largest absolute Gasteiger partial charge is 0.459 e. The summed E-state index contributed by atoms with van der Waals surface area (Å²) in [7, 11) is 0. The molecule has 0 radical (unpaired) electrons. The molecule has 0 heterocycles. The average Bonchev–Trinajstić information content (AvgIpc) is 2.74.